The molecule has 2 heterocycles. The highest BCUT2D eigenvalue weighted by molar-refractivity contribution is 7.13. The lowest BCUT2D eigenvalue weighted by Crippen LogP contribution is -2.27. The molecule has 2 N–H and O–H groups in total. The molecular formula is C13H15ClN4O3S. The average molecular weight is 343 g/mol. The maximum absolute atomic E-state index is 12.2. The summed E-state index contributed by atoms with van der Waals surface area (Å²) in [4.78, 5) is 27.6. The number of carboxylic acids is 1. The number of carboxylic acid groups (broad SMARTS) is 1. The molecule has 2 aromatic heterocycles. The highest BCUT2D eigenvalue weighted by atomic mass is 35.5. The standard InChI is InChI=1S/C13H15ClN4O3S/c1-5-10(13(20)21)22-12(16-5)6(2)15-11(19)9-8(14)7(3)18(4)17-9/h6H,1-4H3,(H,15,19)(H,20,21). The predicted molar refractivity (Wildman–Crippen MR) is 82.6 cm³/mol. The van der Waals surface area contributed by atoms with Crippen molar-refractivity contribution in [1.82, 2.24) is 20.1 Å². The number of halogens is 1. The number of nitrogens with one attached hydrogen (secondary N) is 1. The second-order valence-corrected chi connectivity index (χ2v) is 6.25. The number of amides is 1. The van der Waals surface area contributed by atoms with E-state index in [9.17, 15) is 9.59 Å². The number of hydrogen-bond donors (Lipinski definition) is 2. The molecule has 0 aromatic carbocycles. The predicted octanol–water partition coefficient (Wildman–Crippen LogP) is 2.34. The third-order valence-electron chi connectivity index (χ3n) is 3.20. The van der Waals surface area contributed by atoms with Crippen molar-refractivity contribution in [1.29, 1.82) is 0 Å². The van der Waals surface area contributed by atoms with Gasteiger partial charge in [0, 0.05) is 7.05 Å². The molecule has 0 radical (unpaired) electrons. The van der Waals surface area contributed by atoms with E-state index in [4.69, 9.17) is 16.7 Å². The summed E-state index contributed by atoms with van der Waals surface area (Å²) >= 11 is 7.12. The summed E-state index contributed by atoms with van der Waals surface area (Å²) < 4.78 is 1.53. The van der Waals surface area contributed by atoms with Crippen molar-refractivity contribution in [3.05, 3.63) is 32.0 Å². The van der Waals surface area contributed by atoms with E-state index in [0.29, 0.717) is 21.4 Å². The van der Waals surface area contributed by atoms with Crippen LogP contribution >= 0.6 is 22.9 Å². The lowest BCUT2D eigenvalue weighted by Gasteiger charge is -2.09. The van der Waals surface area contributed by atoms with Gasteiger partial charge in [0.05, 0.1) is 22.5 Å². The Kier molecular flexibility index (Phi) is 4.52. The molecule has 0 saturated carbocycles. The van der Waals surface area contributed by atoms with Gasteiger partial charge in [-0.15, -0.1) is 11.3 Å². The smallest absolute Gasteiger partial charge is 0.347 e. The zero-order valence-electron chi connectivity index (χ0n) is 12.5. The van der Waals surface area contributed by atoms with Crippen LogP contribution in [-0.2, 0) is 7.05 Å². The number of carbonyl (C=O) groups excluding carboxylic acids is 1. The molecule has 2 rings (SSSR count). The number of hydrogen-bond acceptors (Lipinski definition) is 5. The van der Waals surface area contributed by atoms with E-state index >= 15 is 0 Å². The summed E-state index contributed by atoms with van der Waals surface area (Å²) in [6.45, 7) is 5.11. The number of rotatable bonds is 4. The number of nitrogens with zero attached hydrogens (tertiary/aromatic N) is 3. The van der Waals surface area contributed by atoms with Gasteiger partial charge in [0.25, 0.3) is 5.91 Å². The highest BCUT2D eigenvalue weighted by Crippen LogP contribution is 2.25. The van der Waals surface area contributed by atoms with E-state index in [-0.39, 0.29) is 10.6 Å². The monoisotopic (exact) mass is 342 g/mol. The number of carbonyl (C=O) groups is 2. The second-order valence-electron chi connectivity index (χ2n) is 4.84. The fourth-order valence-corrected chi connectivity index (χ4v) is 3.01. The third kappa shape index (κ3) is 2.97. The summed E-state index contributed by atoms with van der Waals surface area (Å²) in [5.41, 5.74) is 1.26. The van der Waals surface area contributed by atoms with Gasteiger partial charge in [0.15, 0.2) is 5.69 Å². The summed E-state index contributed by atoms with van der Waals surface area (Å²) in [5, 5.41) is 16.7. The van der Waals surface area contributed by atoms with E-state index in [2.05, 4.69) is 15.4 Å². The highest BCUT2D eigenvalue weighted by Gasteiger charge is 2.23. The molecule has 0 aliphatic heterocycles. The lowest BCUT2D eigenvalue weighted by molar-refractivity contribution is 0.0701. The van der Waals surface area contributed by atoms with Gasteiger partial charge in [-0.25, -0.2) is 9.78 Å². The fourth-order valence-electron chi connectivity index (χ4n) is 1.86. The van der Waals surface area contributed by atoms with Crippen LogP contribution in [0.25, 0.3) is 0 Å². The SMILES string of the molecule is Cc1nc(C(C)NC(=O)c2nn(C)c(C)c2Cl)sc1C(=O)O. The van der Waals surface area contributed by atoms with Crippen LogP contribution in [0.2, 0.25) is 5.02 Å². The van der Waals surface area contributed by atoms with Gasteiger partial charge in [0.1, 0.15) is 9.88 Å². The van der Waals surface area contributed by atoms with Crippen molar-refractivity contribution in [3.8, 4) is 0 Å². The van der Waals surface area contributed by atoms with Crippen LogP contribution in [0, 0.1) is 13.8 Å². The largest absolute Gasteiger partial charge is 0.477 e. The first kappa shape index (κ1) is 16.4. The number of aromatic nitrogens is 3. The molecule has 1 unspecified atom stereocenters. The number of aryl methyl sites for hydroxylation is 2. The molecule has 0 aliphatic carbocycles. The number of aromatic carboxylic acids is 1. The Morgan fingerprint density at radius 2 is 2.05 bits per heavy atom. The van der Waals surface area contributed by atoms with Gasteiger partial charge < -0.3 is 10.4 Å². The first-order valence-corrected chi connectivity index (χ1v) is 7.62. The molecule has 0 bridgehead atoms. The van der Waals surface area contributed by atoms with Crippen LogP contribution in [0.15, 0.2) is 0 Å². The summed E-state index contributed by atoms with van der Waals surface area (Å²) in [7, 11) is 1.70. The van der Waals surface area contributed by atoms with E-state index in [1.54, 1.807) is 27.8 Å². The normalized spacial score (nSPS) is 12.2. The third-order valence-corrected chi connectivity index (χ3v) is 4.98. The minimum atomic E-state index is -1.02. The molecule has 9 heteroatoms. The van der Waals surface area contributed by atoms with Crippen LogP contribution in [0.1, 0.15) is 49.5 Å². The summed E-state index contributed by atoms with van der Waals surface area (Å²) in [6.07, 6.45) is 0. The Balaban J connectivity index is 2.19. The van der Waals surface area contributed by atoms with Crippen molar-refractivity contribution >= 4 is 34.8 Å². The minimum absolute atomic E-state index is 0.139. The molecule has 0 saturated heterocycles. The molecule has 0 fully saturated rings. The molecule has 2 aromatic rings. The average Bonchev–Trinajstić information content (AvgIpc) is 2.95. The molecule has 118 valence electrons. The Hall–Kier alpha value is -1.93. The van der Waals surface area contributed by atoms with Gasteiger partial charge in [-0.3, -0.25) is 9.48 Å². The van der Waals surface area contributed by atoms with Crippen LogP contribution in [-0.4, -0.2) is 31.7 Å². The zero-order valence-corrected chi connectivity index (χ0v) is 14.0. The van der Waals surface area contributed by atoms with Crippen molar-refractivity contribution in [2.45, 2.75) is 26.8 Å². The van der Waals surface area contributed by atoms with Crippen molar-refractivity contribution in [3.63, 3.8) is 0 Å². The van der Waals surface area contributed by atoms with Crippen molar-refractivity contribution < 1.29 is 14.7 Å². The Morgan fingerprint density at radius 1 is 1.41 bits per heavy atom. The first-order chi connectivity index (χ1) is 10.2. The molecular weight excluding hydrogens is 328 g/mol. The first-order valence-electron chi connectivity index (χ1n) is 6.43. The Morgan fingerprint density at radius 3 is 2.50 bits per heavy atom. The Labute approximate surface area is 135 Å². The number of thiazole rings is 1. The molecule has 1 amide bonds. The second kappa shape index (κ2) is 6.05. The van der Waals surface area contributed by atoms with Gasteiger partial charge in [0.2, 0.25) is 0 Å². The minimum Gasteiger partial charge on any atom is -0.477 e. The maximum Gasteiger partial charge on any atom is 0.347 e. The molecule has 0 aliphatic rings. The molecule has 22 heavy (non-hydrogen) atoms. The van der Waals surface area contributed by atoms with Crippen LogP contribution in [0.3, 0.4) is 0 Å². The summed E-state index contributed by atoms with van der Waals surface area (Å²) in [5.74, 6) is -1.45. The van der Waals surface area contributed by atoms with Crippen LogP contribution < -0.4 is 5.32 Å². The summed E-state index contributed by atoms with van der Waals surface area (Å²) in [6, 6.07) is -0.442. The lowest BCUT2D eigenvalue weighted by atomic mass is 10.3. The topological polar surface area (TPSA) is 97.1 Å². The molecule has 0 spiro atoms. The van der Waals surface area contributed by atoms with Gasteiger partial charge in [-0.2, -0.15) is 5.10 Å². The van der Waals surface area contributed by atoms with Crippen molar-refractivity contribution in [2.24, 2.45) is 7.05 Å². The van der Waals surface area contributed by atoms with Gasteiger partial charge in [-0.1, -0.05) is 11.6 Å². The van der Waals surface area contributed by atoms with Gasteiger partial charge >= 0.3 is 5.97 Å². The van der Waals surface area contributed by atoms with Crippen LogP contribution in [0.5, 0.6) is 0 Å². The van der Waals surface area contributed by atoms with Crippen molar-refractivity contribution in [2.75, 3.05) is 0 Å². The quantitative estimate of drug-likeness (QED) is 0.888. The van der Waals surface area contributed by atoms with E-state index in [0.717, 1.165) is 11.3 Å². The fraction of sp³-hybridized carbons (Fsp3) is 0.385. The maximum atomic E-state index is 12.2. The molecule has 1 atom stereocenters. The van der Waals surface area contributed by atoms with E-state index < -0.39 is 17.9 Å². The Bertz CT molecular complexity index is 753. The van der Waals surface area contributed by atoms with E-state index in [1.807, 2.05) is 0 Å². The van der Waals surface area contributed by atoms with Crippen LogP contribution in [0.4, 0.5) is 0 Å². The molecule has 7 nitrogen and oxygen atoms in total. The van der Waals surface area contributed by atoms with Gasteiger partial charge in [-0.05, 0) is 20.8 Å². The van der Waals surface area contributed by atoms with E-state index in [1.165, 1.54) is 4.68 Å². The zero-order chi connectivity index (χ0) is 16.6.